The lowest BCUT2D eigenvalue weighted by Crippen LogP contribution is -2.29. The van der Waals surface area contributed by atoms with E-state index in [4.69, 9.17) is 24.3 Å². The highest BCUT2D eigenvalue weighted by Crippen LogP contribution is 2.43. The number of unbranched alkanes of at least 4 members (excludes halogenated alkanes) is 17. The topological polar surface area (TPSA) is 134 Å². The fourth-order valence-corrected chi connectivity index (χ4v) is 9.76. The first-order chi connectivity index (χ1) is 44.8. The van der Waals surface area contributed by atoms with Gasteiger partial charge in [-0.1, -0.05) is 304 Å². The zero-order chi connectivity index (χ0) is 65.8. The molecule has 91 heavy (non-hydrogen) atoms. The fraction of sp³-hybridized carbons (Fsp3) is 0.556. The molecule has 0 aromatic rings. The number of carbonyl (C=O) groups is 2. The second kappa shape index (κ2) is 73.6. The van der Waals surface area contributed by atoms with Crippen molar-refractivity contribution in [2.24, 2.45) is 5.73 Å². The molecule has 0 aliphatic heterocycles. The molecule has 0 aliphatic carbocycles. The van der Waals surface area contributed by atoms with Crippen LogP contribution in [0.1, 0.15) is 258 Å². The summed E-state index contributed by atoms with van der Waals surface area (Å²) in [6.07, 6.45) is 113. The number of allylic oxidation sites excluding steroid dienone is 34. The maximum Gasteiger partial charge on any atom is 0.472 e. The van der Waals surface area contributed by atoms with Crippen LogP contribution in [0.15, 0.2) is 207 Å². The van der Waals surface area contributed by atoms with Gasteiger partial charge in [0.1, 0.15) is 6.61 Å². The summed E-state index contributed by atoms with van der Waals surface area (Å²) < 4.78 is 33.1. The maximum atomic E-state index is 12.8. The molecule has 0 aromatic carbocycles. The highest BCUT2D eigenvalue weighted by molar-refractivity contribution is 7.47. The lowest BCUT2D eigenvalue weighted by atomic mass is 10.0. The van der Waals surface area contributed by atoms with Crippen molar-refractivity contribution in [1.82, 2.24) is 0 Å². The van der Waals surface area contributed by atoms with E-state index in [0.29, 0.717) is 12.8 Å². The SMILES string of the molecule is CC/C=C\C/C=C\C/C=C\C/C=C\C/C=C\C/C=C\C/C=C\C/C=C\C/C=C\C/C=C\CCCCC(=O)OC(COC(=O)CCCCCCCCCCCCCCCCC/C=C\C/C=C\C/C=C\C/C=C\C/C=C\C/C=C\C/C=C\CC)COP(=O)(O)OCCN. The molecular weight excluding hydrogens is 1150 g/mol. The van der Waals surface area contributed by atoms with E-state index in [0.717, 1.165) is 141 Å². The highest BCUT2D eigenvalue weighted by Gasteiger charge is 2.26. The number of nitrogens with two attached hydrogens (primary N) is 1. The monoisotopic (exact) mass is 1270 g/mol. The molecule has 0 rings (SSSR count). The Bertz CT molecular complexity index is 2250. The van der Waals surface area contributed by atoms with Crippen molar-refractivity contribution in [2.75, 3.05) is 26.4 Å². The van der Waals surface area contributed by atoms with Crippen LogP contribution in [0, 0.1) is 0 Å². The molecule has 2 atom stereocenters. The van der Waals surface area contributed by atoms with E-state index in [1.54, 1.807) is 0 Å². The van der Waals surface area contributed by atoms with Crippen LogP contribution in [0.4, 0.5) is 0 Å². The van der Waals surface area contributed by atoms with Crippen LogP contribution in [0.5, 0.6) is 0 Å². The van der Waals surface area contributed by atoms with Crippen molar-refractivity contribution >= 4 is 19.8 Å². The van der Waals surface area contributed by atoms with Crippen LogP contribution in [0.3, 0.4) is 0 Å². The summed E-state index contributed by atoms with van der Waals surface area (Å²) in [5.74, 6) is -0.891. The van der Waals surface area contributed by atoms with Crippen molar-refractivity contribution in [1.29, 1.82) is 0 Å². The molecule has 0 aromatic heterocycles. The van der Waals surface area contributed by atoms with E-state index in [2.05, 4.69) is 220 Å². The van der Waals surface area contributed by atoms with Crippen LogP contribution in [0.2, 0.25) is 0 Å². The first-order valence-electron chi connectivity index (χ1n) is 35.6. The van der Waals surface area contributed by atoms with E-state index < -0.39 is 32.5 Å². The molecule has 0 saturated heterocycles. The third kappa shape index (κ3) is 73.5. The van der Waals surface area contributed by atoms with Gasteiger partial charge in [0.15, 0.2) is 6.10 Å². The predicted octanol–water partition coefficient (Wildman–Crippen LogP) is 23.9. The predicted molar refractivity (Wildman–Crippen MR) is 394 cm³/mol. The average Bonchev–Trinajstić information content (AvgIpc) is 3.74. The van der Waals surface area contributed by atoms with E-state index in [1.165, 1.54) is 77.0 Å². The van der Waals surface area contributed by atoms with E-state index >= 15 is 0 Å². The molecular formula is C81H128NO8P. The molecule has 0 radical (unpaired) electrons. The Kier molecular flexibility index (Phi) is 69.3. The Balaban J connectivity index is 4.02. The second-order valence-corrected chi connectivity index (χ2v) is 24.1. The van der Waals surface area contributed by atoms with Crippen molar-refractivity contribution in [2.45, 2.75) is 264 Å². The molecule has 2 unspecified atom stereocenters. The second-order valence-electron chi connectivity index (χ2n) is 22.6. The minimum Gasteiger partial charge on any atom is -0.462 e. The summed E-state index contributed by atoms with van der Waals surface area (Å²) in [6, 6.07) is 0. The number of rotatable bonds is 64. The Morgan fingerprint density at radius 3 is 0.868 bits per heavy atom. The Hall–Kier alpha value is -5.41. The minimum atomic E-state index is -4.42. The lowest BCUT2D eigenvalue weighted by Gasteiger charge is -2.19. The standard InChI is InChI=1S/C81H128NO8P/c1-3-5-7-9-11-13-15-17-19-21-23-25-27-29-31-33-35-37-38-39-40-42-43-45-47-49-51-53-55-57-59-61-63-65-67-69-71-73-80(83)87-77-79(78-89-91(85,86)88-76-75-82)90-81(84)74-72-70-68-66-64-62-60-58-56-54-52-50-48-46-44-41-36-34-32-30-28-26-24-22-20-18-16-14-12-10-8-6-4-2/h5-8,11-14,17-20,23-26,29-32,35-37,39-41,46,48,52,54,58,60,64,66,79H,3-4,9-10,15-16,21-22,27-28,33-34,38,42-45,47,49-51,53,55-57,59,61-63,65,67-78,82H2,1-2H3,(H,85,86)/b7-5-,8-6-,13-11-,14-12-,19-17-,20-18-,25-23-,26-24-,31-29-,32-30-,37-35-,40-39-,41-36-,48-46-,54-52-,60-58-,66-64-. The van der Waals surface area contributed by atoms with Crippen LogP contribution in [0.25, 0.3) is 0 Å². The van der Waals surface area contributed by atoms with Gasteiger partial charge in [-0.3, -0.25) is 18.6 Å². The number of phosphoric ester groups is 1. The summed E-state index contributed by atoms with van der Waals surface area (Å²) in [4.78, 5) is 35.4. The van der Waals surface area contributed by atoms with Gasteiger partial charge in [-0.05, 0) is 148 Å². The highest BCUT2D eigenvalue weighted by atomic mass is 31.2. The van der Waals surface area contributed by atoms with Gasteiger partial charge in [-0.25, -0.2) is 4.57 Å². The largest absolute Gasteiger partial charge is 0.472 e. The van der Waals surface area contributed by atoms with Crippen molar-refractivity contribution in [3.05, 3.63) is 207 Å². The van der Waals surface area contributed by atoms with Gasteiger partial charge in [0.05, 0.1) is 13.2 Å². The number of hydrogen-bond donors (Lipinski definition) is 2. The number of esters is 2. The molecule has 0 spiro atoms. The molecule has 10 heteroatoms. The zero-order valence-corrected chi connectivity index (χ0v) is 58.1. The molecule has 0 heterocycles. The van der Waals surface area contributed by atoms with Gasteiger partial charge >= 0.3 is 19.8 Å². The van der Waals surface area contributed by atoms with Crippen molar-refractivity contribution < 1.29 is 37.6 Å². The summed E-state index contributed by atoms with van der Waals surface area (Å²) >= 11 is 0. The number of hydrogen-bond acceptors (Lipinski definition) is 8. The van der Waals surface area contributed by atoms with Gasteiger partial charge in [0.25, 0.3) is 0 Å². The quantitative estimate of drug-likeness (QED) is 0.0264. The van der Waals surface area contributed by atoms with Crippen molar-refractivity contribution in [3.63, 3.8) is 0 Å². The molecule has 0 aliphatic rings. The number of phosphoric acid groups is 1. The molecule has 0 fully saturated rings. The summed E-state index contributed by atoms with van der Waals surface area (Å²) in [5, 5.41) is 0. The van der Waals surface area contributed by atoms with E-state index in [-0.39, 0.29) is 32.6 Å². The van der Waals surface area contributed by atoms with E-state index in [1.807, 2.05) is 0 Å². The number of ether oxygens (including phenoxy) is 2. The summed E-state index contributed by atoms with van der Waals surface area (Å²) in [6.45, 7) is 3.45. The first-order valence-corrected chi connectivity index (χ1v) is 37.1. The molecule has 510 valence electrons. The third-order valence-electron chi connectivity index (χ3n) is 14.2. The molecule has 3 N–H and O–H groups in total. The molecule has 0 bridgehead atoms. The van der Waals surface area contributed by atoms with Crippen LogP contribution >= 0.6 is 7.82 Å². The lowest BCUT2D eigenvalue weighted by molar-refractivity contribution is -0.161. The summed E-state index contributed by atoms with van der Waals surface area (Å²) in [7, 11) is -4.42. The fourth-order valence-electron chi connectivity index (χ4n) is 9.00. The zero-order valence-electron chi connectivity index (χ0n) is 57.2. The third-order valence-corrected chi connectivity index (χ3v) is 15.1. The van der Waals surface area contributed by atoms with Crippen LogP contribution in [-0.4, -0.2) is 49.3 Å². The Labute approximate surface area is 557 Å². The van der Waals surface area contributed by atoms with Crippen LogP contribution in [-0.2, 0) is 32.7 Å². The van der Waals surface area contributed by atoms with Crippen LogP contribution < -0.4 is 5.73 Å². The van der Waals surface area contributed by atoms with Gasteiger partial charge in [0, 0.05) is 19.4 Å². The summed E-state index contributed by atoms with van der Waals surface area (Å²) in [5.41, 5.74) is 5.40. The normalized spacial score (nSPS) is 14.2. The Morgan fingerprint density at radius 1 is 0.330 bits per heavy atom. The van der Waals surface area contributed by atoms with Gasteiger partial charge in [0.2, 0.25) is 0 Å². The molecule has 0 saturated carbocycles. The molecule has 0 amide bonds. The number of carbonyl (C=O) groups excluding carboxylic acids is 2. The van der Waals surface area contributed by atoms with Gasteiger partial charge in [-0.15, -0.1) is 0 Å². The van der Waals surface area contributed by atoms with Gasteiger partial charge < -0.3 is 20.1 Å². The minimum absolute atomic E-state index is 0.0358. The average molecular weight is 1270 g/mol. The van der Waals surface area contributed by atoms with E-state index in [9.17, 15) is 19.0 Å². The van der Waals surface area contributed by atoms with Gasteiger partial charge in [-0.2, -0.15) is 0 Å². The Morgan fingerprint density at radius 2 is 0.571 bits per heavy atom. The smallest absolute Gasteiger partial charge is 0.462 e. The van der Waals surface area contributed by atoms with Crippen molar-refractivity contribution in [3.8, 4) is 0 Å². The maximum absolute atomic E-state index is 12.8. The molecule has 9 nitrogen and oxygen atoms in total. The first kappa shape index (κ1) is 85.6.